The van der Waals surface area contributed by atoms with Crippen molar-refractivity contribution in [1.82, 2.24) is 10.6 Å². The molecule has 0 bridgehead atoms. The first-order chi connectivity index (χ1) is 7.43. The minimum atomic E-state index is -0.968. The van der Waals surface area contributed by atoms with Crippen LogP contribution in [0.2, 0.25) is 0 Å². The van der Waals surface area contributed by atoms with Crippen LogP contribution in [0.1, 0.15) is 19.8 Å². The van der Waals surface area contributed by atoms with Crippen LogP contribution in [0.3, 0.4) is 0 Å². The van der Waals surface area contributed by atoms with E-state index < -0.39 is 5.97 Å². The summed E-state index contributed by atoms with van der Waals surface area (Å²) in [6.07, 6.45) is 2.10. The van der Waals surface area contributed by atoms with Gasteiger partial charge in [0.25, 0.3) is 0 Å². The number of rotatable bonds is 4. The van der Waals surface area contributed by atoms with Crippen molar-refractivity contribution in [2.45, 2.75) is 19.8 Å². The van der Waals surface area contributed by atoms with Crippen LogP contribution in [0, 0.1) is 10.8 Å². The van der Waals surface area contributed by atoms with Gasteiger partial charge in [-0.3, -0.25) is 20.9 Å². The molecule has 0 aromatic carbocycles. The van der Waals surface area contributed by atoms with Crippen LogP contribution < -0.4 is 22.1 Å². The highest BCUT2D eigenvalue weighted by Crippen LogP contribution is 1.80. The third-order valence-corrected chi connectivity index (χ3v) is 1.27. The molecule has 0 rings (SSSR count). The number of guanidine groups is 2. The Labute approximate surface area is 107 Å². The summed E-state index contributed by atoms with van der Waals surface area (Å²) >= 11 is 0. The van der Waals surface area contributed by atoms with Crippen molar-refractivity contribution in [3.8, 4) is 0 Å². The molecule has 0 amide bonds. The molecule has 9 N–H and O–H groups in total. The maximum atomic E-state index is 9.24. The maximum absolute atomic E-state index is 9.24. The summed E-state index contributed by atoms with van der Waals surface area (Å²) in [5.74, 6) is -1.09. The van der Waals surface area contributed by atoms with Gasteiger partial charge in [-0.1, -0.05) is 13.3 Å². The molecule has 0 unspecified atom stereocenters. The van der Waals surface area contributed by atoms with Gasteiger partial charge in [-0.05, 0) is 6.42 Å². The fourth-order valence-electron chi connectivity index (χ4n) is 0.569. The summed E-state index contributed by atoms with van der Waals surface area (Å²) in [5, 5.41) is 26.6. The number of unbranched alkanes of at least 4 members (excludes halogenated alkanes) is 1. The average molecular weight is 269 g/mol. The van der Waals surface area contributed by atoms with E-state index in [4.69, 9.17) is 21.7 Å². The molecular formula is C8H21ClN6O2. The summed E-state index contributed by atoms with van der Waals surface area (Å²) in [4.78, 5) is 9.24. The van der Waals surface area contributed by atoms with Crippen molar-refractivity contribution in [1.29, 1.82) is 10.8 Å². The molecule has 0 aliphatic rings. The Bertz CT molecular complexity index is 236. The zero-order valence-corrected chi connectivity index (χ0v) is 10.6. The quantitative estimate of drug-likeness (QED) is 0.201. The normalized spacial score (nSPS) is 7.88. The predicted octanol–water partition coefficient (Wildman–Crippen LogP) is -0.755. The van der Waals surface area contributed by atoms with Crippen LogP contribution in [0.25, 0.3) is 0 Å². The van der Waals surface area contributed by atoms with Gasteiger partial charge in [-0.25, -0.2) is 0 Å². The van der Waals surface area contributed by atoms with Gasteiger partial charge in [0, 0.05) is 6.54 Å². The molecule has 0 saturated heterocycles. The molecule has 0 fully saturated rings. The summed E-state index contributed by atoms with van der Waals surface area (Å²) in [7, 11) is 0. The molecule has 0 aromatic heterocycles. The number of hydrogen-bond donors (Lipinski definition) is 7. The SMILES string of the molecule is CCCCNC(=N)NC(=N)N.Cl.NCC(=O)O. The summed E-state index contributed by atoms with van der Waals surface area (Å²) < 4.78 is 0. The molecule has 0 spiro atoms. The lowest BCUT2D eigenvalue weighted by molar-refractivity contribution is -0.135. The number of hydrogen-bond acceptors (Lipinski definition) is 4. The molecule has 0 radical (unpaired) electrons. The summed E-state index contributed by atoms with van der Waals surface area (Å²) in [5.41, 5.74) is 9.56. The van der Waals surface area contributed by atoms with Crippen LogP contribution in [0.5, 0.6) is 0 Å². The Morgan fingerprint density at radius 1 is 1.41 bits per heavy atom. The van der Waals surface area contributed by atoms with Gasteiger partial charge in [-0.2, -0.15) is 0 Å². The molecule has 0 aliphatic heterocycles. The third kappa shape index (κ3) is 25.1. The van der Waals surface area contributed by atoms with Gasteiger partial charge in [0.15, 0.2) is 11.9 Å². The van der Waals surface area contributed by atoms with Crippen molar-refractivity contribution in [3.63, 3.8) is 0 Å². The molecule has 0 aromatic rings. The summed E-state index contributed by atoms with van der Waals surface area (Å²) in [6, 6.07) is 0. The van der Waals surface area contributed by atoms with Crippen molar-refractivity contribution in [2.24, 2.45) is 11.5 Å². The zero-order valence-electron chi connectivity index (χ0n) is 9.75. The maximum Gasteiger partial charge on any atom is 0.317 e. The lowest BCUT2D eigenvalue weighted by Crippen LogP contribution is -2.43. The van der Waals surface area contributed by atoms with E-state index in [1.807, 2.05) is 0 Å². The van der Waals surface area contributed by atoms with E-state index in [1.165, 1.54) is 0 Å². The number of nitrogens with two attached hydrogens (primary N) is 2. The molecule has 0 atom stereocenters. The van der Waals surface area contributed by atoms with Crippen molar-refractivity contribution in [2.75, 3.05) is 13.1 Å². The topological polar surface area (TPSA) is 161 Å². The fourth-order valence-corrected chi connectivity index (χ4v) is 0.569. The standard InChI is InChI=1S/C6H15N5.C2H5NO2.ClH/c1-2-3-4-10-6(9)11-5(7)8;3-1-2(4)5;/h2-4H2,1H3,(H6,7,8,9,10,11);1,3H2,(H,4,5);1H. The fraction of sp³-hybridized carbons (Fsp3) is 0.625. The minimum absolute atomic E-state index is 0. The summed E-state index contributed by atoms with van der Waals surface area (Å²) in [6.45, 7) is 2.54. The molecule has 0 saturated carbocycles. The first kappa shape index (κ1) is 20.8. The van der Waals surface area contributed by atoms with Crippen LogP contribution >= 0.6 is 12.4 Å². The number of carboxylic acids is 1. The van der Waals surface area contributed by atoms with Gasteiger partial charge in [0.05, 0.1) is 6.54 Å². The van der Waals surface area contributed by atoms with E-state index in [1.54, 1.807) is 0 Å². The molecular weight excluding hydrogens is 248 g/mol. The number of carboxylic acid groups (broad SMARTS) is 1. The molecule has 0 heterocycles. The second-order valence-electron chi connectivity index (χ2n) is 2.79. The van der Waals surface area contributed by atoms with Crippen molar-refractivity contribution in [3.05, 3.63) is 0 Å². The largest absolute Gasteiger partial charge is 0.480 e. The number of nitrogens with one attached hydrogen (secondary N) is 4. The van der Waals surface area contributed by atoms with Crippen molar-refractivity contribution < 1.29 is 9.90 Å². The van der Waals surface area contributed by atoms with Crippen LogP contribution in [0.4, 0.5) is 0 Å². The molecule has 102 valence electrons. The molecule has 8 nitrogen and oxygen atoms in total. The smallest absolute Gasteiger partial charge is 0.317 e. The van der Waals surface area contributed by atoms with Crippen molar-refractivity contribution >= 4 is 30.3 Å². The van der Waals surface area contributed by atoms with Crippen LogP contribution in [0.15, 0.2) is 0 Å². The highest BCUT2D eigenvalue weighted by molar-refractivity contribution is 5.94. The van der Waals surface area contributed by atoms with E-state index in [9.17, 15) is 4.79 Å². The highest BCUT2D eigenvalue weighted by Gasteiger charge is 1.93. The molecule has 17 heavy (non-hydrogen) atoms. The number of carbonyl (C=O) groups is 1. The first-order valence-electron chi connectivity index (χ1n) is 4.79. The van der Waals surface area contributed by atoms with Gasteiger partial charge in [0.2, 0.25) is 0 Å². The van der Waals surface area contributed by atoms with Crippen LogP contribution in [-0.2, 0) is 4.79 Å². The Morgan fingerprint density at radius 3 is 2.18 bits per heavy atom. The van der Waals surface area contributed by atoms with Gasteiger partial charge < -0.3 is 21.9 Å². The average Bonchev–Trinajstić information content (AvgIpc) is 2.18. The monoisotopic (exact) mass is 268 g/mol. The van der Waals surface area contributed by atoms with Crippen LogP contribution in [-0.4, -0.2) is 36.1 Å². The minimum Gasteiger partial charge on any atom is -0.480 e. The van der Waals surface area contributed by atoms with E-state index in [0.717, 1.165) is 19.4 Å². The number of aliphatic carboxylic acids is 1. The van der Waals surface area contributed by atoms with Gasteiger partial charge >= 0.3 is 5.97 Å². The van der Waals surface area contributed by atoms with E-state index in [2.05, 4.69) is 23.3 Å². The van der Waals surface area contributed by atoms with E-state index in [0.29, 0.717) is 0 Å². The van der Waals surface area contributed by atoms with E-state index >= 15 is 0 Å². The van der Waals surface area contributed by atoms with E-state index in [-0.39, 0.29) is 30.9 Å². The predicted molar refractivity (Wildman–Crippen MR) is 69.6 cm³/mol. The second-order valence-corrected chi connectivity index (χ2v) is 2.79. The lowest BCUT2D eigenvalue weighted by Gasteiger charge is -2.06. The zero-order chi connectivity index (χ0) is 13.0. The molecule has 9 heteroatoms. The highest BCUT2D eigenvalue weighted by atomic mass is 35.5. The Morgan fingerprint density at radius 2 is 1.88 bits per heavy atom. The Kier molecular flexibility index (Phi) is 17.7. The Hall–Kier alpha value is -1.54. The first-order valence-corrected chi connectivity index (χ1v) is 4.79. The third-order valence-electron chi connectivity index (χ3n) is 1.27. The van der Waals surface area contributed by atoms with Gasteiger partial charge in [-0.15, -0.1) is 12.4 Å². The Balaban J connectivity index is -0.000000280. The molecule has 0 aliphatic carbocycles. The lowest BCUT2D eigenvalue weighted by atomic mass is 10.3. The van der Waals surface area contributed by atoms with Gasteiger partial charge in [0.1, 0.15) is 0 Å². The second kappa shape index (κ2) is 14.5. The number of halogens is 1.